The molecule has 3 rings (SSSR count). The van der Waals surface area contributed by atoms with E-state index in [2.05, 4.69) is 46.4 Å². The molecule has 4 unspecified atom stereocenters. The van der Waals surface area contributed by atoms with E-state index in [1.54, 1.807) is 0 Å². The SMILES string of the molecule is CC(C)C1SC2C(C)C(CC1C)C2C. The second kappa shape index (κ2) is 3.73. The van der Waals surface area contributed by atoms with Crippen LogP contribution in [0.2, 0.25) is 0 Å². The van der Waals surface area contributed by atoms with Gasteiger partial charge in [-0.05, 0) is 36.0 Å². The second-order valence-electron chi connectivity index (χ2n) is 5.90. The molecule has 1 aliphatic carbocycles. The number of hydrogen-bond donors (Lipinski definition) is 0. The van der Waals surface area contributed by atoms with E-state index in [1.165, 1.54) is 6.42 Å². The van der Waals surface area contributed by atoms with Crippen molar-refractivity contribution in [3.05, 3.63) is 0 Å². The van der Waals surface area contributed by atoms with Crippen LogP contribution >= 0.6 is 11.8 Å². The van der Waals surface area contributed by atoms with E-state index in [0.29, 0.717) is 0 Å². The van der Waals surface area contributed by atoms with Crippen LogP contribution in [0.15, 0.2) is 0 Å². The summed E-state index contributed by atoms with van der Waals surface area (Å²) in [6.07, 6.45) is 1.48. The van der Waals surface area contributed by atoms with E-state index in [9.17, 15) is 0 Å². The molecule has 0 aromatic rings. The first kappa shape index (κ1) is 10.9. The average molecular weight is 212 g/mol. The summed E-state index contributed by atoms with van der Waals surface area (Å²) in [5.74, 6) is 4.80. The molecule has 2 aliphatic heterocycles. The fourth-order valence-electron chi connectivity index (χ4n) is 3.67. The zero-order valence-electron chi connectivity index (χ0n) is 10.2. The van der Waals surface area contributed by atoms with Crippen LogP contribution in [-0.2, 0) is 0 Å². The van der Waals surface area contributed by atoms with E-state index in [1.807, 2.05) is 0 Å². The number of thioether (sulfide) groups is 1. The first-order valence-electron chi connectivity index (χ1n) is 6.17. The third-order valence-corrected chi connectivity index (χ3v) is 7.06. The van der Waals surface area contributed by atoms with Gasteiger partial charge in [0.25, 0.3) is 0 Å². The normalized spacial score (nSPS) is 52.7. The summed E-state index contributed by atoms with van der Waals surface area (Å²) < 4.78 is 0. The Kier molecular flexibility index (Phi) is 2.90. The third kappa shape index (κ3) is 1.52. The molecule has 2 saturated heterocycles. The van der Waals surface area contributed by atoms with Crippen LogP contribution in [-0.4, -0.2) is 10.5 Å². The highest BCUT2D eigenvalue weighted by molar-refractivity contribution is 8.00. The summed E-state index contributed by atoms with van der Waals surface area (Å²) in [6.45, 7) is 12.2. The van der Waals surface area contributed by atoms with Crippen LogP contribution in [0.25, 0.3) is 0 Å². The second-order valence-corrected chi connectivity index (χ2v) is 7.27. The predicted molar refractivity (Wildman–Crippen MR) is 65.6 cm³/mol. The molecule has 0 amide bonds. The lowest BCUT2D eigenvalue weighted by atomic mass is 9.63. The third-order valence-electron chi connectivity index (χ3n) is 4.56. The number of fused-ring (bicyclic) bond motifs is 3. The Bertz CT molecular complexity index is 201. The van der Waals surface area contributed by atoms with Gasteiger partial charge in [0.1, 0.15) is 0 Å². The summed E-state index contributed by atoms with van der Waals surface area (Å²) in [5, 5.41) is 1.88. The molecule has 1 heteroatoms. The largest absolute Gasteiger partial charge is 0.154 e. The van der Waals surface area contributed by atoms with Gasteiger partial charge in [0.2, 0.25) is 0 Å². The van der Waals surface area contributed by atoms with E-state index in [0.717, 1.165) is 40.1 Å². The zero-order chi connectivity index (χ0) is 10.5. The highest BCUT2D eigenvalue weighted by Gasteiger charge is 2.50. The summed E-state index contributed by atoms with van der Waals surface area (Å²) in [6, 6.07) is 0. The molecule has 0 radical (unpaired) electrons. The average Bonchev–Trinajstić information content (AvgIpc) is 2.33. The number of rotatable bonds is 1. The van der Waals surface area contributed by atoms with Crippen molar-refractivity contribution in [1.29, 1.82) is 0 Å². The van der Waals surface area contributed by atoms with Crippen LogP contribution in [0.5, 0.6) is 0 Å². The molecule has 2 bridgehead atoms. The molecular weight excluding hydrogens is 188 g/mol. The van der Waals surface area contributed by atoms with Crippen LogP contribution in [0.1, 0.15) is 41.0 Å². The van der Waals surface area contributed by atoms with Crippen molar-refractivity contribution in [2.75, 3.05) is 0 Å². The van der Waals surface area contributed by atoms with Crippen molar-refractivity contribution in [3.8, 4) is 0 Å². The Balaban J connectivity index is 2.12. The van der Waals surface area contributed by atoms with Gasteiger partial charge in [-0.25, -0.2) is 0 Å². The Morgan fingerprint density at radius 2 is 1.64 bits per heavy atom. The highest BCUT2D eigenvalue weighted by Crippen LogP contribution is 2.56. The van der Waals surface area contributed by atoms with Crippen LogP contribution in [0.3, 0.4) is 0 Å². The van der Waals surface area contributed by atoms with Crippen molar-refractivity contribution >= 4 is 11.8 Å². The Hall–Kier alpha value is 0.350. The number of hydrogen-bond acceptors (Lipinski definition) is 1. The van der Waals surface area contributed by atoms with E-state index in [-0.39, 0.29) is 0 Å². The molecule has 0 N–H and O–H groups in total. The molecule has 3 aliphatic rings. The van der Waals surface area contributed by atoms with Gasteiger partial charge < -0.3 is 0 Å². The smallest absolute Gasteiger partial charge is 0.0107 e. The van der Waals surface area contributed by atoms with E-state index >= 15 is 0 Å². The van der Waals surface area contributed by atoms with Gasteiger partial charge in [-0.2, -0.15) is 11.8 Å². The van der Waals surface area contributed by atoms with E-state index in [4.69, 9.17) is 0 Å². The summed E-state index contributed by atoms with van der Waals surface area (Å²) in [5.41, 5.74) is 0. The van der Waals surface area contributed by atoms with Gasteiger partial charge >= 0.3 is 0 Å². The monoisotopic (exact) mass is 212 g/mol. The van der Waals surface area contributed by atoms with Crippen molar-refractivity contribution < 1.29 is 0 Å². The molecule has 2 heterocycles. The zero-order valence-corrected chi connectivity index (χ0v) is 11.0. The lowest BCUT2D eigenvalue weighted by Gasteiger charge is -2.47. The summed E-state index contributed by atoms with van der Waals surface area (Å²) in [7, 11) is 0. The maximum absolute atomic E-state index is 2.47. The Morgan fingerprint density at radius 1 is 1.07 bits per heavy atom. The highest BCUT2D eigenvalue weighted by atomic mass is 32.2. The predicted octanol–water partition coefficient (Wildman–Crippen LogP) is 4.05. The quantitative estimate of drug-likeness (QED) is 0.632. The standard InChI is InChI=1S/C13H24S/c1-7(2)12-8(3)6-11-9(4)13(14-12)10(11)5/h7-13H,6H2,1-5H3. The van der Waals surface area contributed by atoms with Gasteiger partial charge in [-0.3, -0.25) is 0 Å². The molecule has 14 heavy (non-hydrogen) atoms. The minimum absolute atomic E-state index is 0.855. The van der Waals surface area contributed by atoms with Crippen molar-refractivity contribution in [1.82, 2.24) is 0 Å². The Morgan fingerprint density at radius 3 is 2.14 bits per heavy atom. The lowest BCUT2D eigenvalue weighted by Crippen LogP contribution is -2.45. The molecule has 4 atom stereocenters. The molecule has 0 aromatic carbocycles. The molecule has 82 valence electrons. The molecule has 0 aromatic heterocycles. The first-order valence-corrected chi connectivity index (χ1v) is 7.12. The molecular formula is C13H24S. The first-order chi connectivity index (χ1) is 6.52. The van der Waals surface area contributed by atoms with Crippen LogP contribution in [0, 0.1) is 29.6 Å². The topological polar surface area (TPSA) is 0 Å². The van der Waals surface area contributed by atoms with Gasteiger partial charge in [-0.15, -0.1) is 0 Å². The van der Waals surface area contributed by atoms with Gasteiger partial charge in [0.15, 0.2) is 0 Å². The van der Waals surface area contributed by atoms with Gasteiger partial charge in [0.05, 0.1) is 0 Å². The molecule has 0 nitrogen and oxygen atoms in total. The maximum atomic E-state index is 2.47. The van der Waals surface area contributed by atoms with Gasteiger partial charge in [0, 0.05) is 10.5 Å². The van der Waals surface area contributed by atoms with E-state index < -0.39 is 0 Å². The van der Waals surface area contributed by atoms with Crippen molar-refractivity contribution in [2.24, 2.45) is 29.6 Å². The summed E-state index contributed by atoms with van der Waals surface area (Å²) >= 11 is 2.31. The fraction of sp³-hybridized carbons (Fsp3) is 1.00. The van der Waals surface area contributed by atoms with Crippen molar-refractivity contribution in [3.63, 3.8) is 0 Å². The molecule has 3 fully saturated rings. The molecule has 0 spiro atoms. The fourth-order valence-corrected chi connectivity index (χ4v) is 5.63. The minimum atomic E-state index is 0.855. The van der Waals surface area contributed by atoms with Crippen molar-refractivity contribution in [2.45, 2.75) is 51.5 Å². The van der Waals surface area contributed by atoms with Crippen LogP contribution in [0.4, 0.5) is 0 Å². The minimum Gasteiger partial charge on any atom is -0.154 e. The van der Waals surface area contributed by atoms with Crippen LogP contribution < -0.4 is 0 Å². The maximum Gasteiger partial charge on any atom is 0.0107 e. The summed E-state index contributed by atoms with van der Waals surface area (Å²) in [4.78, 5) is 0. The molecule has 1 saturated carbocycles. The Labute approximate surface area is 93.2 Å². The lowest BCUT2D eigenvalue weighted by molar-refractivity contribution is 0.0965. The van der Waals surface area contributed by atoms with Gasteiger partial charge in [-0.1, -0.05) is 34.6 Å².